The fraction of sp³-hybridized carbons (Fsp3) is 0.294. The molecule has 0 aliphatic rings. The standard InChI is InChI=1S/C17H20FNO2/c1-19-11-17(14-8-4-6-10-16(14)20-2)21-12-13-7-3-5-9-15(13)18/h3-10,17,19H,11-12H2,1-2H3. The molecule has 0 saturated heterocycles. The van der Waals surface area contributed by atoms with E-state index in [0.717, 1.165) is 11.3 Å². The zero-order valence-electron chi connectivity index (χ0n) is 12.3. The zero-order chi connectivity index (χ0) is 15.1. The van der Waals surface area contributed by atoms with Crippen LogP contribution in [0.3, 0.4) is 0 Å². The monoisotopic (exact) mass is 289 g/mol. The van der Waals surface area contributed by atoms with Gasteiger partial charge in [-0.3, -0.25) is 0 Å². The number of halogens is 1. The van der Waals surface area contributed by atoms with Gasteiger partial charge < -0.3 is 14.8 Å². The van der Waals surface area contributed by atoms with Crippen LogP contribution in [0.25, 0.3) is 0 Å². The van der Waals surface area contributed by atoms with Gasteiger partial charge in [0.25, 0.3) is 0 Å². The van der Waals surface area contributed by atoms with E-state index in [9.17, 15) is 4.39 Å². The second kappa shape index (κ2) is 7.76. The summed E-state index contributed by atoms with van der Waals surface area (Å²) in [5, 5.41) is 3.09. The van der Waals surface area contributed by atoms with Gasteiger partial charge in [-0.15, -0.1) is 0 Å². The number of rotatable bonds is 7. The van der Waals surface area contributed by atoms with Crippen molar-refractivity contribution in [2.75, 3.05) is 20.7 Å². The van der Waals surface area contributed by atoms with Crippen LogP contribution in [-0.2, 0) is 11.3 Å². The number of ether oxygens (including phenoxy) is 2. The molecule has 0 heterocycles. The Morgan fingerprint density at radius 1 is 1.10 bits per heavy atom. The van der Waals surface area contributed by atoms with Crippen molar-refractivity contribution in [1.82, 2.24) is 5.32 Å². The predicted molar refractivity (Wildman–Crippen MR) is 80.9 cm³/mol. The van der Waals surface area contributed by atoms with E-state index >= 15 is 0 Å². The summed E-state index contributed by atoms with van der Waals surface area (Å²) in [6.45, 7) is 0.839. The molecule has 2 aromatic rings. The van der Waals surface area contributed by atoms with Crippen LogP contribution < -0.4 is 10.1 Å². The highest BCUT2D eigenvalue weighted by Gasteiger charge is 2.16. The van der Waals surface area contributed by atoms with E-state index in [1.54, 1.807) is 25.3 Å². The highest BCUT2D eigenvalue weighted by atomic mass is 19.1. The first-order valence-corrected chi connectivity index (χ1v) is 6.88. The summed E-state index contributed by atoms with van der Waals surface area (Å²) in [4.78, 5) is 0. The van der Waals surface area contributed by atoms with E-state index in [0.29, 0.717) is 12.1 Å². The topological polar surface area (TPSA) is 30.5 Å². The number of benzene rings is 2. The minimum Gasteiger partial charge on any atom is -0.496 e. The smallest absolute Gasteiger partial charge is 0.128 e. The van der Waals surface area contributed by atoms with Gasteiger partial charge in [0.05, 0.1) is 19.8 Å². The number of hydrogen-bond acceptors (Lipinski definition) is 3. The number of para-hydroxylation sites is 1. The molecule has 2 rings (SSSR count). The van der Waals surface area contributed by atoms with Crippen LogP contribution in [0, 0.1) is 5.82 Å². The second-order valence-electron chi connectivity index (χ2n) is 4.69. The van der Waals surface area contributed by atoms with E-state index in [1.165, 1.54) is 6.07 Å². The lowest BCUT2D eigenvalue weighted by molar-refractivity contribution is 0.0380. The lowest BCUT2D eigenvalue weighted by Crippen LogP contribution is -2.20. The average molecular weight is 289 g/mol. The summed E-state index contributed by atoms with van der Waals surface area (Å²) in [6, 6.07) is 14.3. The highest BCUT2D eigenvalue weighted by Crippen LogP contribution is 2.28. The van der Waals surface area contributed by atoms with Crippen molar-refractivity contribution in [1.29, 1.82) is 0 Å². The van der Waals surface area contributed by atoms with Crippen molar-refractivity contribution in [3.05, 3.63) is 65.5 Å². The summed E-state index contributed by atoms with van der Waals surface area (Å²) >= 11 is 0. The Labute approximate surface area is 124 Å². The molecule has 0 aromatic heterocycles. The average Bonchev–Trinajstić information content (AvgIpc) is 2.53. The molecule has 4 heteroatoms. The van der Waals surface area contributed by atoms with Gasteiger partial charge in [-0.1, -0.05) is 36.4 Å². The molecule has 0 aliphatic heterocycles. The Morgan fingerprint density at radius 2 is 1.81 bits per heavy atom. The molecule has 21 heavy (non-hydrogen) atoms. The number of hydrogen-bond donors (Lipinski definition) is 1. The quantitative estimate of drug-likeness (QED) is 0.848. The summed E-state index contributed by atoms with van der Waals surface area (Å²) in [5.74, 6) is 0.520. The first kappa shape index (κ1) is 15.5. The Kier molecular flexibility index (Phi) is 5.72. The van der Waals surface area contributed by atoms with Crippen molar-refractivity contribution in [2.24, 2.45) is 0 Å². The Balaban J connectivity index is 2.14. The van der Waals surface area contributed by atoms with Gasteiger partial charge in [-0.05, 0) is 19.2 Å². The fourth-order valence-corrected chi connectivity index (χ4v) is 2.18. The maximum atomic E-state index is 13.7. The van der Waals surface area contributed by atoms with E-state index in [4.69, 9.17) is 9.47 Å². The molecule has 0 spiro atoms. The molecule has 3 nitrogen and oxygen atoms in total. The summed E-state index contributed by atoms with van der Waals surface area (Å²) < 4.78 is 24.9. The van der Waals surface area contributed by atoms with Gasteiger partial charge in [-0.2, -0.15) is 0 Å². The van der Waals surface area contributed by atoms with Crippen LogP contribution in [0.1, 0.15) is 17.2 Å². The number of methoxy groups -OCH3 is 1. The molecule has 0 bridgehead atoms. The third kappa shape index (κ3) is 4.03. The van der Waals surface area contributed by atoms with Crippen LogP contribution in [-0.4, -0.2) is 20.7 Å². The van der Waals surface area contributed by atoms with Crippen molar-refractivity contribution >= 4 is 0 Å². The first-order valence-electron chi connectivity index (χ1n) is 6.88. The maximum Gasteiger partial charge on any atom is 0.128 e. The molecule has 0 amide bonds. The van der Waals surface area contributed by atoms with Crippen molar-refractivity contribution in [2.45, 2.75) is 12.7 Å². The van der Waals surface area contributed by atoms with Crippen LogP contribution in [0.4, 0.5) is 4.39 Å². The summed E-state index contributed by atoms with van der Waals surface area (Å²) in [7, 11) is 3.49. The van der Waals surface area contributed by atoms with Crippen LogP contribution in [0.5, 0.6) is 5.75 Å². The van der Waals surface area contributed by atoms with Gasteiger partial charge >= 0.3 is 0 Å². The SMILES string of the molecule is CNCC(OCc1ccccc1F)c1ccccc1OC. The maximum absolute atomic E-state index is 13.7. The van der Waals surface area contributed by atoms with Gasteiger partial charge in [-0.25, -0.2) is 4.39 Å². The Hall–Kier alpha value is -1.91. The molecule has 1 N–H and O–H groups in total. The van der Waals surface area contributed by atoms with E-state index in [1.807, 2.05) is 31.3 Å². The molecule has 0 saturated carbocycles. The van der Waals surface area contributed by atoms with Gasteiger partial charge in [0.2, 0.25) is 0 Å². The Morgan fingerprint density at radius 3 is 2.52 bits per heavy atom. The molecule has 1 unspecified atom stereocenters. The zero-order valence-corrected chi connectivity index (χ0v) is 12.3. The van der Waals surface area contributed by atoms with E-state index in [2.05, 4.69) is 5.32 Å². The van der Waals surface area contributed by atoms with Gasteiger partial charge in [0.1, 0.15) is 11.6 Å². The first-order chi connectivity index (χ1) is 10.3. The third-order valence-corrected chi connectivity index (χ3v) is 3.27. The molecular formula is C17H20FNO2. The molecule has 0 radical (unpaired) electrons. The van der Waals surface area contributed by atoms with Crippen LogP contribution in [0.15, 0.2) is 48.5 Å². The molecule has 0 fully saturated rings. The Bertz CT molecular complexity index is 574. The summed E-state index contributed by atoms with van der Waals surface area (Å²) in [6.07, 6.45) is -0.203. The van der Waals surface area contributed by atoms with Crippen LogP contribution in [0.2, 0.25) is 0 Å². The molecule has 1 atom stereocenters. The van der Waals surface area contributed by atoms with Gasteiger partial charge in [0, 0.05) is 17.7 Å². The van der Waals surface area contributed by atoms with E-state index in [-0.39, 0.29) is 18.5 Å². The molecule has 0 aliphatic carbocycles. The predicted octanol–water partition coefficient (Wildman–Crippen LogP) is 3.31. The van der Waals surface area contributed by atoms with E-state index < -0.39 is 0 Å². The molecular weight excluding hydrogens is 269 g/mol. The second-order valence-corrected chi connectivity index (χ2v) is 4.69. The van der Waals surface area contributed by atoms with Crippen LogP contribution >= 0.6 is 0 Å². The summed E-state index contributed by atoms with van der Waals surface area (Å²) in [5.41, 5.74) is 1.50. The third-order valence-electron chi connectivity index (χ3n) is 3.27. The number of nitrogens with one attached hydrogen (secondary N) is 1. The minimum atomic E-state index is -0.249. The van der Waals surface area contributed by atoms with Crippen molar-refractivity contribution in [3.8, 4) is 5.75 Å². The normalized spacial score (nSPS) is 12.1. The fourth-order valence-electron chi connectivity index (χ4n) is 2.18. The highest BCUT2D eigenvalue weighted by molar-refractivity contribution is 5.35. The lowest BCUT2D eigenvalue weighted by Gasteiger charge is -2.20. The minimum absolute atomic E-state index is 0.203. The molecule has 2 aromatic carbocycles. The van der Waals surface area contributed by atoms with Gasteiger partial charge in [0.15, 0.2) is 0 Å². The number of likely N-dealkylation sites (N-methyl/N-ethyl adjacent to an activating group) is 1. The lowest BCUT2D eigenvalue weighted by atomic mass is 10.1. The molecule has 112 valence electrons. The van der Waals surface area contributed by atoms with Crippen molar-refractivity contribution < 1.29 is 13.9 Å². The largest absolute Gasteiger partial charge is 0.496 e. The van der Waals surface area contributed by atoms with Crippen molar-refractivity contribution in [3.63, 3.8) is 0 Å².